The van der Waals surface area contributed by atoms with E-state index < -0.39 is 23.8 Å². The lowest BCUT2D eigenvalue weighted by atomic mass is 9.97. The maximum Gasteiger partial charge on any atom is 0.254 e. The van der Waals surface area contributed by atoms with Crippen molar-refractivity contribution in [1.82, 2.24) is 15.5 Å². The second kappa shape index (κ2) is 15.8. The predicted octanol–water partition coefficient (Wildman–Crippen LogP) is 5.60. The van der Waals surface area contributed by atoms with E-state index in [4.69, 9.17) is 0 Å². The van der Waals surface area contributed by atoms with Gasteiger partial charge in [-0.05, 0) is 98.2 Å². The van der Waals surface area contributed by atoms with Crippen LogP contribution in [0.3, 0.4) is 0 Å². The highest BCUT2D eigenvalue weighted by Gasteiger charge is 2.31. The lowest BCUT2D eigenvalue weighted by Crippen LogP contribution is -2.51. The van der Waals surface area contributed by atoms with E-state index >= 15 is 0 Å². The SMILES string of the molecule is CCCNC(=O)c1cc(C)cc(C(=O)N(CCC)[C@@H](Cc2cc(F)cc(F)c2)[C@H](O)CNCc2cccc(NC3CC3)c2)c1. The Hall–Kier alpha value is -3.82. The Morgan fingerprint density at radius 1 is 0.955 bits per heavy atom. The molecular weight excluding hydrogens is 562 g/mol. The van der Waals surface area contributed by atoms with Crippen molar-refractivity contribution in [2.45, 2.75) is 77.6 Å². The van der Waals surface area contributed by atoms with E-state index in [-0.39, 0.29) is 24.8 Å². The number of rotatable bonds is 16. The average molecular weight is 607 g/mol. The number of benzene rings is 3. The van der Waals surface area contributed by atoms with Crippen molar-refractivity contribution >= 4 is 17.5 Å². The number of halogens is 2. The molecular formula is C35H44F2N4O3. The van der Waals surface area contributed by atoms with Crippen molar-refractivity contribution < 1.29 is 23.5 Å². The average Bonchev–Trinajstić information content (AvgIpc) is 3.80. The highest BCUT2D eigenvalue weighted by Crippen LogP contribution is 2.25. The van der Waals surface area contributed by atoms with Crippen LogP contribution in [0, 0.1) is 18.6 Å². The molecule has 1 saturated carbocycles. The van der Waals surface area contributed by atoms with Gasteiger partial charge in [0, 0.05) is 55.1 Å². The highest BCUT2D eigenvalue weighted by atomic mass is 19.1. The third-order valence-corrected chi connectivity index (χ3v) is 7.62. The van der Waals surface area contributed by atoms with Crippen LogP contribution in [0.5, 0.6) is 0 Å². The minimum absolute atomic E-state index is 0.0414. The number of aliphatic hydroxyl groups is 1. The molecule has 0 heterocycles. The van der Waals surface area contributed by atoms with Crippen LogP contribution in [0.15, 0.2) is 60.7 Å². The number of hydrogen-bond acceptors (Lipinski definition) is 5. The Labute approximate surface area is 259 Å². The first kappa shape index (κ1) is 33.1. The molecule has 4 N–H and O–H groups in total. The summed E-state index contributed by atoms with van der Waals surface area (Å²) < 4.78 is 28.3. The molecule has 2 amide bonds. The van der Waals surface area contributed by atoms with Crippen LogP contribution in [0.2, 0.25) is 0 Å². The summed E-state index contributed by atoms with van der Waals surface area (Å²) in [5, 5.41) is 21.2. The summed E-state index contributed by atoms with van der Waals surface area (Å²) in [7, 11) is 0. The van der Waals surface area contributed by atoms with Gasteiger partial charge >= 0.3 is 0 Å². The summed E-state index contributed by atoms with van der Waals surface area (Å²) in [6.07, 6.45) is 2.71. The van der Waals surface area contributed by atoms with Crippen molar-refractivity contribution in [3.05, 3.63) is 100 Å². The molecule has 44 heavy (non-hydrogen) atoms. The first-order valence-corrected chi connectivity index (χ1v) is 15.6. The molecule has 1 fully saturated rings. The number of amides is 2. The van der Waals surface area contributed by atoms with Gasteiger partial charge in [-0.15, -0.1) is 0 Å². The van der Waals surface area contributed by atoms with Crippen LogP contribution in [-0.2, 0) is 13.0 Å². The number of hydrogen-bond donors (Lipinski definition) is 4. The molecule has 2 atom stereocenters. The Bertz CT molecular complexity index is 1410. The summed E-state index contributed by atoms with van der Waals surface area (Å²) in [4.78, 5) is 28.4. The summed E-state index contributed by atoms with van der Waals surface area (Å²) >= 11 is 0. The summed E-state index contributed by atoms with van der Waals surface area (Å²) in [5.41, 5.74) is 3.88. The van der Waals surface area contributed by atoms with Gasteiger partial charge in [0.2, 0.25) is 0 Å². The smallest absolute Gasteiger partial charge is 0.254 e. The highest BCUT2D eigenvalue weighted by molar-refractivity contribution is 6.00. The molecule has 1 aliphatic carbocycles. The van der Waals surface area contributed by atoms with Crippen molar-refractivity contribution in [2.24, 2.45) is 0 Å². The summed E-state index contributed by atoms with van der Waals surface area (Å²) in [5.74, 6) is -2.07. The number of carbonyl (C=O) groups is 2. The van der Waals surface area contributed by atoms with Crippen LogP contribution in [0.4, 0.5) is 14.5 Å². The molecule has 0 saturated heterocycles. The van der Waals surface area contributed by atoms with Crippen LogP contribution in [0.25, 0.3) is 0 Å². The monoisotopic (exact) mass is 606 g/mol. The van der Waals surface area contributed by atoms with Crippen molar-refractivity contribution in [3.8, 4) is 0 Å². The fourth-order valence-electron chi connectivity index (χ4n) is 5.36. The van der Waals surface area contributed by atoms with Crippen LogP contribution in [-0.4, -0.2) is 59.6 Å². The van der Waals surface area contributed by atoms with Gasteiger partial charge in [-0.2, -0.15) is 0 Å². The van der Waals surface area contributed by atoms with Crippen molar-refractivity contribution in [2.75, 3.05) is 25.0 Å². The second-order valence-corrected chi connectivity index (χ2v) is 11.7. The van der Waals surface area contributed by atoms with Crippen molar-refractivity contribution in [3.63, 3.8) is 0 Å². The van der Waals surface area contributed by atoms with E-state index in [1.807, 2.05) is 39.0 Å². The molecule has 0 spiro atoms. The van der Waals surface area contributed by atoms with E-state index in [0.717, 1.165) is 29.3 Å². The molecule has 0 bridgehead atoms. The zero-order valence-corrected chi connectivity index (χ0v) is 25.8. The molecule has 3 aromatic rings. The number of aryl methyl sites for hydroxylation is 1. The number of carbonyl (C=O) groups excluding carboxylic acids is 2. The number of nitrogens with one attached hydrogen (secondary N) is 3. The molecule has 4 rings (SSSR count). The van der Waals surface area contributed by atoms with E-state index in [2.05, 4.69) is 22.0 Å². The topological polar surface area (TPSA) is 93.7 Å². The fourth-order valence-corrected chi connectivity index (χ4v) is 5.36. The van der Waals surface area contributed by atoms with Gasteiger partial charge in [0.15, 0.2) is 0 Å². The van der Waals surface area contributed by atoms with Crippen molar-refractivity contribution in [1.29, 1.82) is 0 Å². The van der Waals surface area contributed by atoms with Gasteiger partial charge in [0.1, 0.15) is 11.6 Å². The standard InChI is InChI=1S/C35H44F2N4O3/c1-4-11-39-34(43)26-13-23(3)14-27(19-26)35(44)41(12-5-2)32(18-25-15-28(36)20-29(37)16-25)33(42)22-38-21-24-7-6-8-31(17-24)40-30-9-10-30/h6-8,13-17,19-20,30,32-33,38,40,42H,4-5,9-12,18,21-22H2,1-3H3,(H,39,43)/t32-,33+/m0/s1. The zero-order chi connectivity index (χ0) is 31.6. The maximum absolute atomic E-state index is 14.2. The fraction of sp³-hybridized carbons (Fsp3) is 0.429. The van der Waals surface area contributed by atoms with Crippen LogP contribution < -0.4 is 16.0 Å². The minimum atomic E-state index is -1.05. The van der Waals surface area contributed by atoms with E-state index in [1.54, 1.807) is 23.1 Å². The third kappa shape index (κ3) is 9.59. The van der Waals surface area contributed by atoms with Crippen LogP contribution >= 0.6 is 0 Å². The molecule has 9 heteroatoms. The minimum Gasteiger partial charge on any atom is -0.390 e. The first-order valence-electron chi connectivity index (χ1n) is 15.6. The van der Waals surface area contributed by atoms with Gasteiger partial charge in [0.05, 0.1) is 12.1 Å². The van der Waals surface area contributed by atoms with E-state index in [9.17, 15) is 23.5 Å². The largest absolute Gasteiger partial charge is 0.390 e. The summed E-state index contributed by atoms with van der Waals surface area (Å²) in [6, 6.07) is 16.1. The third-order valence-electron chi connectivity index (χ3n) is 7.62. The first-order chi connectivity index (χ1) is 21.2. The normalized spacial score (nSPS) is 14.1. The van der Waals surface area contributed by atoms with Crippen LogP contribution in [0.1, 0.15) is 76.9 Å². The lowest BCUT2D eigenvalue weighted by molar-refractivity contribution is 0.0353. The Balaban J connectivity index is 1.57. The molecule has 236 valence electrons. The molecule has 7 nitrogen and oxygen atoms in total. The Kier molecular flexibility index (Phi) is 11.9. The van der Waals surface area contributed by atoms with E-state index in [0.29, 0.717) is 48.8 Å². The molecule has 0 radical (unpaired) electrons. The number of aliphatic hydroxyl groups excluding tert-OH is 1. The van der Waals surface area contributed by atoms with Gasteiger partial charge in [0.25, 0.3) is 11.8 Å². The molecule has 0 aromatic heterocycles. The second-order valence-electron chi connectivity index (χ2n) is 11.7. The molecule has 1 aliphatic rings. The van der Waals surface area contributed by atoms with Gasteiger partial charge in [-0.1, -0.05) is 26.0 Å². The van der Waals surface area contributed by atoms with E-state index in [1.165, 1.54) is 25.0 Å². The quantitative estimate of drug-likeness (QED) is 0.170. The Morgan fingerprint density at radius 3 is 2.36 bits per heavy atom. The van der Waals surface area contributed by atoms with Gasteiger partial charge in [-0.25, -0.2) is 8.78 Å². The predicted molar refractivity (Wildman–Crippen MR) is 170 cm³/mol. The number of nitrogens with zero attached hydrogens (tertiary/aromatic N) is 1. The van der Waals surface area contributed by atoms with Gasteiger partial charge in [-0.3, -0.25) is 9.59 Å². The molecule has 0 unspecified atom stereocenters. The molecule has 0 aliphatic heterocycles. The Morgan fingerprint density at radius 2 is 1.68 bits per heavy atom. The zero-order valence-electron chi connectivity index (χ0n) is 25.8. The number of anilines is 1. The maximum atomic E-state index is 14.2. The molecule has 3 aromatic carbocycles. The summed E-state index contributed by atoms with van der Waals surface area (Å²) in [6.45, 7) is 7.17. The van der Waals surface area contributed by atoms with Gasteiger partial charge < -0.3 is 26.0 Å². The lowest BCUT2D eigenvalue weighted by Gasteiger charge is -2.35.